The van der Waals surface area contributed by atoms with Crippen molar-refractivity contribution in [1.82, 2.24) is 0 Å². The number of aliphatic hydroxyl groups is 1. The van der Waals surface area contributed by atoms with Crippen LogP contribution in [0.5, 0.6) is 5.75 Å². The van der Waals surface area contributed by atoms with Crippen molar-refractivity contribution >= 4 is 0 Å². The predicted molar refractivity (Wildman–Crippen MR) is 68.7 cm³/mol. The minimum Gasteiger partial charge on any atom is -0.487 e. The molecule has 0 amide bonds. The van der Waals surface area contributed by atoms with Crippen LogP contribution in [0, 0.1) is 6.92 Å². The zero-order valence-corrected chi connectivity index (χ0v) is 10.9. The molecule has 0 aliphatic carbocycles. The second kappa shape index (κ2) is 4.56. The minimum atomic E-state index is -0.432. The summed E-state index contributed by atoms with van der Waals surface area (Å²) >= 11 is 0. The molecule has 4 atom stereocenters. The van der Waals surface area contributed by atoms with Gasteiger partial charge in [0.2, 0.25) is 0 Å². The normalized spacial score (nSPS) is 35.1. The van der Waals surface area contributed by atoms with Crippen molar-refractivity contribution in [2.45, 2.75) is 57.5 Å². The highest BCUT2D eigenvalue weighted by Crippen LogP contribution is 2.38. The van der Waals surface area contributed by atoms with Gasteiger partial charge in [0.25, 0.3) is 0 Å². The van der Waals surface area contributed by atoms with Crippen LogP contribution >= 0.6 is 0 Å². The summed E-state index contributed by atoms with van der Waals surface area (Å²) < 4.78 is 11.9. The minimum absolute atomic E-state index is 0.0137. The smallest absolute Gasteiger partial charge is 0.128 e. The molecule has 3 rings (SSSR count). The molecule has 1 aromatic carbocycles. The predicted octanol–water partition coefficient (Wildman–Crippen LogP) is 2.75. The van der Waals surface area contributed by atoms with E-state index in [1.165, 1.54) is 0 Å². The van der Waals surface area contributed by atoms with Crippen molar-refractivity contribution in [1.29, 1.82) is 0 Å². The van der Waals surface area contributed by atoms with Gasteiger partial charge in [-0.05, 0) is 38.8 Å². The molecule has 2 heterocycles. The molecule has 2 aliphatic heterocycles. The van der Waals surface area contributed by atoms with Crippen LogP contribution in [0.2, 0.25) is 0 Å². The number of benzene rings is 1. The van der Waals surface area contributed by atoms with E-state index < -0.39 is 6.10 Å². The number of ether oxygens (including phenoxy) is 2. The molecule has 0 radical (unpaired) electrons. The van der Waals surface area contributed by atoms with Crippen LogP contribution < -0.4 is 4.74 Å². The fraction of sp³-hybridized carbons (Fsp3) is 0.600. The van der Waals surface area contributed by atoms with E-state index in [1.54, 1.807) is 0 Å². The van der Waals surface area contributed by atoms with E-state index in [4.69, 9.17) is 9.47 Å². The average Bonchev–Trinajstić information content (AvgIpc) is 2.77. The SMILES string of the molecule is Cc1ccc2c(c1)C(O)CC(C1CCC(C)O1)O2. The van der Waals surface area contributed by atoms with E-state index in [0.29, 0.717) is 12.5 Å². The summed E-state index contributed by atoms with van der Waals surface area (Å²) in [4.78, 5) is 0. The standard InChI is InChI=1S/C15H20O3/c1-9-3-5-13-11(7-9)12(16)8-15(18-13)14-6-4-10(2)17-14/h3,5,7,10,12,14-16H,4,6,8H2,1-2H3. The number of aryl methyl sites for hydroxylation is 1. The van der Waals surface area contributed by atoms with Gasteiger partial charge in [-0.3, -0.25) is 0 Å². The van der Waals surface area contributed by atoms with Crippen molar-refractivity contribution in [3.63, 3.8) is 0 Å². The molecule has 18 heavy (non-hydrogen) atoms. The monoisotopic (exact) mass is 248 g/mol. The molecule has 1 saturated heterocycles. The van der Waals surface area contributed by atoms with Crippen molar-refractivity contribution < 1.29 is 14.6 Å². The van der Waals surface area contributed by atoms with Crippen molar-refractivity contribution in [3.8, 4) is 5.75 Å². The Hall–Kier alpha value is -1.06. The lowest BCUT2D eigenvalue weighted by atomic mass is 9.94. The fourth-order valence-corrected chi connectivity index (χ4v) is 2.93. The van der Waals surface area contributed by atoms with Crippen LogP contribution in [0.1, 0.15) is 43.4 Å². The number of hydrogen-bond acceptors (Lipinski definition) is 3. The fourth-order valence-electron chi connectivity index (χ4n) is 2.93. The zero-order chi connectivity index (χ0) is 12.7. The lowest BCUT2D eigenvalue weighted by Gasteiger charge is -2.33. The van der Waals surface area contributed by atoms with E-state index >= 15 is 0 Å². The summed E-state index contributed by atoms with van der Waals surface area (Å²) in [5, 5.41) is 10.2. The van der Waals surface area contributed by atoms with Gasteiger partial charge >= 0.3 is 0 Å². The largest absolute Gasteiger partial charge is 0.487 e. The molecule has 0 bridgehead atoms. The van der Waals surface area contributed by atoms with Gasteiger partial charge in [0.1, 0.15) is 11.9 Å². The third kappa shape index (κ3) is 2.13. The Morgan fingerprint density at radius 2 is 2.06 bits per heavy atom. The molecule has 4 unspecified atom stereocenters. The van der Waals surface area contributed by atoms with E-state index in [0.717, 1.165) is 29.7 Å². The molecule has 0 spiro atoms. The molecule has 98 valence electrons. The second-order valence-electron chi connectivity index (χ2n) is 5.51. The summed E-state index contributed by atoms with van der Waals surface area (Å²) in [5.74, 6) is 0.813. The van der Waals surface area contributed by atoms with Crippen LogP contribution in [0.3, 0.4) is 0 Å². The van der Waals surface area contributed by atoms with Crippen LogP contribution in [-0.4, -0.2) is 23.4 Å². The van der Waals surface area contributed by atoms with Gasteiger partial charge in [-0.25, -0.2) is 0 Å². The Bertz CT molecular complexity index is 443. The first-order valence-electron chi connectivity index (χ1n) is 6.74. The molecule has 3 heteroatoms. The van der Waals surface area contributed by atoms with E-state index in [1.807, 2.05) is 25.1 Å². The van der Waals surface area contributed by atoms with Gasteiger partial charge in [-0.1, -0.05) is 11.6 Å². The summed E-state index contributed by atoms with van der Waals surface area (Å²) in [6.45, 7) is 4.12. The quantitative estimate of drug-likeness (QED) is 0.830. The zero-order valence-electron chi connectivity index (χ0n) is 10.9. The summed E-state index contributed by atoms with van der Waals surface area (Å²) in [6.07, 6.45) is 2.74. The molecule has 1 aromatic rings. The van der Waals surface area contributed by atoms with Gasteiger partial charge in [0, 0.05) is 12.0 Å². The van der Waals surface area contributed by atoms with E-state index in [9.17, 15) is 5.11 Å². The Morgan fingerprint density at radius 1 is 1.22 bits per heavy atom. The Kier molecular flexibility index (Phi) is 3.04. The van der Waals surface area contributed by atoms with Crippen LogP contribution in [0.4, 0.5) is 0 Å². The molecule has 1 N–H and O–H groups in total. The maximum absolute atomic E-state index is 10.2. The maximum atomic E-state index is 10.2. The van der Waals surface area contributed by atoms with Gasteiger partial charge in [-0.2, -0.15) is 0 Å². The number of rotatable bonds is 1. The first-order chi connectivity index (χ1) is 8.63. The third-order valence-corrected chi connectivity index (χ3v) is 3.94. The summed E-state index contributed by atoms with van der Waals surface area (Å²) in [6, 6.07) is 5.98. The molecular weight excluding hydrogens is 228 g/mol. The van der Waals surface area contributed by atoms with Crippen molar-refractivity contribution in [3.05, 3.63) is 29.3 Å². The van der Waals surface area contributed by atoms with E-state index in [-0.39, 0.29) is 12.2 Å². The van der Waals surface area contributed by atoms with Crippen LogP contribution in [0.15, 0.2) is 18.2 Å². The third-order valence-electron chi connectivity index (χ3n) is 3.94. The highest BCUT2D eigenvalue weighted by Gasteiger charge is 2.36. The highest BCUT2D eigenvalue weighted by atomic mass is 16.6. The molecule has 3 nitrogen and oxygen atoms in total. The van der Waals surface area contributed by atoms with Gasteiger partial charge in [0.15, 0.2) is 0 Å². The molecule has 0 aromatic heterocycles. The Balaban J connectivity index is 1.81. The highest BCUT2D eigenvalue weighted by molar-refractivity contribution is 5.40. The second-order valence-corrected chi connectivity index (χ2v) is 5.51. The van der Waals surface area contributed by atoms with Crippen LogP contribution in [0.25, 0.3) is 0 Å². The topological polar surface area (TPSA) is 38.7 Å². The molecule has 1 fully saturated rings. The molecular formula is C15H20O3. The first-order valence-corrected chi connectivity index (χ1v) is 6.74. The van der Waals surface area contributed by atoms with Crippen LogP contribution in [-0.2, 0) is 4.74 Å². The first kappa shape index (κ1) is 12.0. The van der Waals surface area contributed by atoms with Crippen molar-refractivity contribution in [2.75, 3.05) is 0 Å². The van der Waals surface area contributed by atoms with Gasteiger partial charge in [-0.15, -0.1) is 0 Å². The van der Waals surface area contributed by atoms with E-state index in [2.05, 4.69) is 6.92 Å². The molecule has 0 saturated carbocycles. The lowest BCUT2D eigenvalue weighted by molar-refractivity contribution is -0.0465. The van der Waals surface area contributed by atoms with Gasteiger partial charge < -0.3 is 14.6 Å². The number of fused-ring (bicyclic) bond motifs is 1. The average molecular weight is 248 g/mol. The maximum Gasteiger partial charge on any atom is 0.128 e. The summed E-state index contributed by atoms with van der Waals surface area (Å²) in [5.41, 5.74) is 2.07. The lowest BCUT2D eigenvalue weighted by Crippen LogP contribution is -2.36. The number of hydrogen-bond donors (Lipinski definition) is 1. The van der Waals surface area contributed by atoms with Gasteiger partial charge in [0.05, 0.1) is 18.3 Å². The Morgan fingerprint density at radius 3 is 2.78 bits per heavy atom. The number of aliphatic hydroxyl groups excluding tert-OH is 1. The molecule has 2 aliphatic rings. The Labute approximate surface area is 108 Å². The van der Waals surface area contributed by atoms with Crippen molar-refractivity contribution in [2.24, 2.45) is 0 Å². The summed E-state index contributed by atoms with van der Waals surface area (Å²) in [7, 11) is 0.